The summed E-state index contributed by atoms with van der Waals surface area (Å²) >= 11 is 1.48. The first-order valence-electron chi connectivity index (χ1n) is 4.56. The number of piperidine rings is 1. The summed E-state index contributed by atoms with van der Waals surface area (Å²) in [6.45, 7) is 0.800. The van der Waals surface area contributed by atoms with E-state index in [9.17, 15) is 4.79 Å². The summed E-state index contributed by atoms with van der Waals surface area (Å²) < 4.78 is 1.69. The predicted molar refractivity (Wildman–Crippen MR) is 52.9 cm³/mol. The van der Waals surface area contributed by atoms with Crippen LogP contribution in [0, 0.1) is 0 Å². The molecule has 1 aromatic rings. The molecule has 0 aromatic carbocycles. The van der Waals surface area contributed by atoms with E-state index in [2.05, 4.69) is 15.4 Å². The minimum Gasteiger partial charge on any atom is -0.355 e. The lowest BCUT2D eigenvalue weighted by Crippen LogP contribution is -2.38. The van der Waals surface area contributed by atoms with Crippen molar-refractivity contribution in [3.05, 3.63) is 6.33 Å². The second-order valence-electron chi connectivity index (χ2n) is 3.21. The van der Waals surface area contributed by atoms with Crippen molar-refractivity contribution in [1.29, 1.82) is 0 Å². The van der Waals surface area contributed by atoms with Crippen molar-refractivity contribution in [1.82, 2.24) is 20.1 Å². The van der Waals surface area contributed by atoms with Gasteiger partial charge in [-0.05, 0) is 12.8 Å². The Morgan fingerprint density at radius 3 is 3.21 bits per heavy atom. The molecule has 0 radical (unpaired) electrons. The lowest BCUT2D eigenvalue weighted by molar-refractivity contribution is -0.121. The number of carbonyl (C=O) groups is 1. The van der Waals surface area contributed by atoms with Crippen molar-refractivity contribution in [3.8, 4) is 0 Å². The lowest BCUT2D eigenvalue weighted by atomic mass is 10.1. The quantitative estimate of drug-likeness (QED) is 0.760. The number of nitrogens with one attached hydrogen (secondary N) is 1. The van der Waals surface area contributed by atoms with Gasteiger partial charge in [0.15, 0.2) is 5.16 Å². The van der Waals surface area contributed by atoms with Crippen LogP contribution in [0.15, 0.2) is 11.5 Å². The molecule has 14 heavy (non-hydrogen) atoms. The number of thioether (sulfide) groups is 1. The van der Waals surface area contributed by atoms with Gasteiger partial charge >= 0.3 is 0 Å². The largest absolute Gasteiger partial charge is 0.355 e. The molecule has 1 aliphatic rings. The van der Waals surface area contributed by atoms with Crippen molar-refractivity contribution < 1.29 is 4.79 Å². The van der Waals surface area contributed by atoms with Crippen molar-refractivity contribution in [2.45, 2.75) is 23.2 Å². The van der Waals surface area contributed by atoms with Gasteiger partial charge < -0.3 is 5.32 Å². The maximum atomic E-state index is 11.4. The van der Waals surface area contributed by atoms with Gasteiger partial charge in [0.05, 0.1) is 5.25 Å². The fraction of sp³-hybridized carbons (Fsp3) is 0.625. The van der Waals surface area contributed by atoms with Gasteiger partial charge in [0.2, 0.25) is 5.91 Å². The molecule has 1 aliphatic heterocycles. The van der Waals surface area contributed by atoms with Gasteiger partial charge in [0, 0.05) is 13.6 Å². The third-order valence-electron chi connectivity index (χ3n) is 2.15. The number of carbonyl (C=O) groups excluding carboxylic acids is 1. The second-order valence-corrected chi connectivity index (χ2v) is 4.38. The van der Waals surface area contributed by atoms with Gasteiger partial charge in [-0.3, -0.25) is 4.79 Å². The Labute approximate surface area is 86.3 Å². The first kappa shape index (κ1) is 9.51. The van der Waals surface area contributed by atoms with Gasteiger partial charge in [-0.2, -0.15) is 5.10 Å². The van der Waals surface area contributed by atoms with E-state index in [1.54, 1.807) is 4.68 Å². The Bertz CT molecular complexity index is 338. The SMILES string of the molecule is Cn1ncnc1SC1CCCNC1=O. The topological polar surface area (TPSA) is 59.8 Å². The van der Waals surface area contributed by atoms with Gasteiger partial charge in [-0.1, -0.05) is 11.8 Å². The standard InChI is InChI=1S/C8H12N4OS/c1-12-8(10-5-11-12)14-6-3-2-4-9-7(6)13/h5-6H,2-4H2,1H3,(H,9,13). The number of rotatable bonds is 2. The van der Waals surface area contributed by atoms with E-state index in [0.29, 0.717) is 0 Å². The molecule has 1 aromatic heterocycles. The molecule has 0 aliphatic carbocycles. The molecule has 5 nitrogen and oxygen atoms in total. The number of amides is 1. The highest BCUT2D eigenvalue weighted by atomic mass is 32.2. The Morgan fingerprint density at radius 2 is 2.57 bits per heavy atom. The summed E-state index contributed by atoms with van der Waals surface area (Å²) in [7, 11) is 1.83. The van der Waals surface area contributed by atoms with Crippen LogP contribution in [-0.4, -0.2) is 32.5 Å². The third kappa shape index (κ3) is 1.89. The molecular weight excluding hydrogens is 200 g/mol. The Balaban J connectivity index is 2.03. The van der Waals surface area contributed by atoms with Crippen LogP contribution in [0.2, 0.25) is 0 Å². The van der Waals surface area contributed by atoms with Crippen LogP contribution >= 0.6 is 11.8 Å². The van der Waals surface area contributed by atoms with Gasteiger partial charge in [-0.15, -0.1) is 0 Å². The molecule has 0 bridgehead atoms. The van der Waals surface area contributed by atoms with Crippen LogP contribution in [0.25, 0.3) is 0 Å². The van der Waals surface area contributed by atoms with E-state index >= 15 is 0 Å². The highest BCUT2D eigenvalue weighted by molar-refractivity contribution is 8.00. The van der Waals surface area contributed by atoms with E-state index in [1.807, 2.05) is 7.05 Å². The molecule has 0 saturated carbocycles. The van der Waals surface area contributed by atoms with Crippen LogP contribution in [0.3, 0.4) is 0 Å². The Kier molecular flexibility index (Phi) is 2.72. The van der Waals surface area contributed by atoms with Crippen molar-refractivity contribution in [2.24, 2.45) is 7.05 Å². The fourth-order valence-electron chi connectivity index (χ4n) is 1.38. The number of aromatic nitrogens is 3. The molecule has 76 valence electrons. The molecule has 0 spiro atoms. The average Bonchev–Trinajstić information content (AvgIpc) is 2.56. The maximum absolute atomic E-state index is 11.4. The zero-order valence-corrected chi connectivity index (χ0v) is 8.75. The monoisotopic (exact) mass is 212 g/mol. The van der Waals surface area contributed by atoms with Crippen LogP contribution in [-0.2, 0) is 11.8 Å². The summed E-state index contributed by atoms with van der Waals surface area (Å²) in [5.74, 6) is 0.115. The Morgan fingerprint density at radius 1 is 1.71 bits per heavy atom. The summed E-state index contributed by atoms with van der Waals surface area (Å²) in [5, 5.41) is 7.60. The summed E-state index contributed by atoms with van der Waals surface area (Å²) in [6, 6.07) is 0. The highest BCUT2D eigenvalue weighted by Gasteiger charge is 2.24. The molecule has 2 rings (SSSR count). The third-order valence-corrected chi connectivity index (χ3v) is 3.47. The minimum absolute atomic E-state index is 0.00773. The van der Waals surface area contributed by atoms with Crippen molar-refractivity contribution in [3.63, 3.8) is 0 Å². The number of aryl methyl sites for hydroxylation is 1. The van der Waals surface area contributed by atoms with Crippen LogP contribution in [0.5, 0.6) is 0 Å². The van der Waals surface area contributed by atoms with Crippen molar-refractivity contribution >= 4 is 17.7 Å². The first-order valence-corrected chi connectivity index (χ1v) is 5.43. The molecule has 1 amide bonds. The van der Waals surface area contributed by atoms with E-state index in [0.717, 1.165) is 24.5 Å². The van der Waals surface area contributed by atoms with Gasteiger partial charge in [-0.25, -0.2) is 9.67 Å². The average molecular weight is 212 g/mol. The van der Waals surface area contributed by atoms with E-state index in [-0.39, 0.29) is 11.2 Å². The normalized spacial score (nSPS) is 22.1. The summed E-state index contributed by atoms with van der Waals surface area (Å²) in [5.41, 5.74) is 0. The zero-order chi connectivity index (χ0) is 9.97. The molecule has 1 saturated heterocycles. The van der Waals surface area contributed by atoms with Crippen LogP contribution in [0.1, 0.15) is 12.8 Å². The van der Waals surface area contributed by atoms with Crippen molar-refractivity contribution in [2.75, 3.05) is 6.54 Å². The highest BCUT2D eigenvalue weighted by Crippen LogP contribution is 2.25. The Hall–Kier alpha value is -1.04. The summed E-state index contributed by atoms with van der Waals surface area (Å²) in [6.07, 6.45) is 3.47. The summed E-state index contributed by atoms with van der Waals surface area (Å²) in [4.78, 5) is 15.5. The second kappa shape index (κ2) is 4.00. The molecule has 1 unspecified atom stereocenters. The molecular formula is C8H12N4OS. The van der Waals surface area contributed by atoms with Crippen LogP contribution in [0.4, 0.5) is 0 Å². The maximum Gasteiger partial charge on any atom is 0.233 e. The lowest BCUT2D eigenvalue weighted by Gasteiger charge is -2.20. The predicted octanol–water partition coefficient (Wildman–Crippen LogP) is 0.186. The zero-order valence-electron chi connectivity index (χ0n) is 7.93. The van der Waals surface area contributed by atoms with Gasteiger partial charge in [0.1, 0.15) is 6.33 Å². The van der Waals surface area contributed by atoms with Gasteiger partial charge in [0.25, 0.3) is 0 Å². The van der Waals surface area contributed by atoms with E-state index in [4.69, 9.17) is 0 Å². The van der Waals surface area contributed by atoms with E-state index in [1.165, 1.54) is 18.1 Å². The van der Waals surface area contributed by atoms with E-state index < -0.39 is 0 Å². The molecule has 1 atom stereocenters. The van der Waals surface area contributed by atoms with Crippen LogP contribution < -0.4 is 5.32 Å². The fourth-order valence-corrected chi connectivity index (χ4v) is 2.41. The molecule has 6 heteroatoms. The smallest absolute Gasteiger partial charge is 0.233 e. The number of hydrogen-bond acceptors (Lipinski definition) is 4. The molecule has 1 fully saturated rings. The minimum atomic E-state index is -0.00773. The molecule has 1 N–H and O–H groups in total. The molecule has 2 heterocycles. The first-order chi connectivity index (χ1) is 6.77. The number of hydrogen-bond donors (Lipinski definition) is 1. The number of nitrogens with zero attached hydrogens (tertiary/aromatic N) is 3.